The van der Waals surface area contributed by atoms with Crippen LogP contribution in [-0.4, -0.2) is 6.54 Å². The van der Waals surface area contributed by atoms with E-state index < -0.39 is 11.6 Å². The zero-order chi connectivity index (χ0) is 15.4. The van der Waals surface area contributed by atoms with Gasteiger partial charge in [-0.1, -0.05) is 36.2 Å². The van der Waals surface area contributed by atoms with Crippen LogP contribution in [-0.2, 0) is 6.42 Å². The second kappa shape index (κ2) is 7.21. The first-order valence-electron chi connectivity index (χ1n) is 6.63. The van der Waals surface area contributed by atoms with Crippen LogP contribution in [0.2, 0.25) is 10.0 Å². The van der Waals surface area contributed by atoms with Crippen LogP contribution in [0.4, 0.5) is 8.78 Å². The van der Waals surface area contributed by atoms with E-state index in [0.29, 0.717) is 28.6 Å². The van der Waals surface area contributed by atoms with E-state index in [1.54, 1.807) is 18.2 Å². The molecule has 1 N–H and O–H groups in total. The van der Waals surface area contributed by atoms with Gasteiger partial charge in [0, 0.05) is 27.7 Å². The molecule has 1 unspecified atom stereocenters. The molecule has 112 valence electrons. The van der Waals surface area contributed by atoms with E-state index in [1.165, 1.54) is 12.1 Å². The van der Waals surface area contributed by atoms with Crippen molar-refractivity contribution in [2.45, 2.75) is 19.4 Å². The summed E-state index contributed by atoms with van der Waals surface area (Å²) in [5.41, 5.74) is 1.29. The molecule has 0 saturated heterocycles. The van der Waals surface area contributed by atoms with Gasteiger partial charge in [0.2, 0.25) is 0 Å². The number of hydrogen-bond donors (Lipinski definition) is 1. The van der Waals surface area contributed by atoms with Crippen molar-refractivity contribution in [1.82, 2.24) is 5.32 Å². The highest BCUT2D eigenvalue weighted by atomic mass is 35.5. The minimum atomic E-state index is -0.592. The molecule has 21 heavy (non-hydrogen) atoms. The van der Waals surface area contributed by atoms with Gasteiger partial charge in [0.15, 0.2) is 0 Å². The third kappa shape index (κ3) is 4.16. The number of benzene rings is 2. The Bertz CT molecular complexity index is 591. The Labute approximate surface area is 132 Å². The lowest BCUT2D eigenvalue weighted by Crippen LogP contribution is -2.23. The van der Waals surface area contributed by atoms with Crippen LogP contribution in [0.1, 0.15) is 24.1 Å². The molecule has 0 bridgehead atoms. The summed E-state index contributed by atoms with van der Waals surface area (Å²) >= 11 is 12.4. The fourth-order valence-electron chi connectivity index (χ4n) is 2.33. The highest BCUT2D eigenvalue weighted by Crippen LogP contribution is 2.32. The molecule has 0 saturated carbocycles. The van der Waals surface area contributed by atoms with Gasteiger partial charge in [-0.3, -0.25) is 0 Å². The quantitative estimate of drug-likeness (QED) is 0.798. The minimum absolute atomic E-state index is 0.211. The monoisotopic (exact) mass is 329 g/mol. The molecule has 2 aromatic carbocycles. The zero-order valence-electron chi connectivity index (χ0n) is 11.5. The van der Waals surface area contributed by atoms with Gasteiger partial charge in [0.25, 0.3) is 0 Å². The van der Waals surface area contributed by atoms with Crippen molar-refractivity contribution in [3.05, 3.63) is 69.2 Å². The topological polar surface area (TPSA) is 12.0 Å². The molecule has 1 atom stereocenters. The van der Waals surface area contributed by atoms with Gasteiger partial charge in [-0.25, -0.2) is 8.78 Å². The second-order valence-electron chi connectivity index (χ2n) is 4.73. The predicted octanol–water partition coefficient (Wildman–Crippen LogP) is 5.16. The van der Waals surface area contributed by atoms with Crippen LogP contribution in [0.25, 0.3) is 0 Å². The molecule has 2 aromatic rings. The molecule has 0 spiro atoms. The van der Waals surface area contributed by atoms with Crippen LogP contribution < -0.4 is 5.32 Å². The summed E-state index contributed by atoms with van der Waals surface area (Å²) in [4.78, 5) is 0. The summed E-state index contributed by atoms with van der Waals surface area (Å²) in [6.45, 7) is 2.63. The summed E-state index contributed by atoms with van der Waals surface area (Å²) in [6.07, 6.45) is 0.395. The normalized spacial score (nSPS) is 12.4. The standard InChI is InChI=1S/C16H15Cl2F2N/c1-2-21-15(16-13(17)4-3-5-14(16)18)8-10-6-11(19)9-12(20)7-10/h3-7,9,15,21H,2,8H2,1H3. The third-order valence-corrected chi connectivity index (χ3v) is 3.82. The first-order valence-corrected chi connectivity index (χ1v) is 7.39. The van der Waals surface area contributed by atoms with E-state index in [2.05, 4.69) is 5.32 Å². The largest absolute Gasteiger partial charge is 0.310 e. The molecule has 5 heteroatoms. The molecule has 1 nitrogen and oxygen atoms in total. The Kier molecular flexibility index (Phi) is 5.57. The molecule has 0 heterocycles. The summed E-state index contributed by atoms with van der Waals surface area (Å²) < 4.78 is 26.6. The van der Waals surface area contributed by atoms with Gasteiger partial charge in [0.1, 0.15) is 11.6 Å². The molecule has 0 aliphatic carbocycles. The fourth-order valence-corrected chi connectivity index (χ4v) is 2.99. The first kappa shape index (κ1) is 16.2. The van der Waals surface area contributed by atoms with E-state index in [-0.39, 0.29) is 6.04 Å². The number of hydrogen-bond acceptors (Lipinski definition) is 1. The van der Waals surface area contributed by atoms with Gasteiger partial charge >= 0.3 is 0 Å². The van der Waals surface area contributed by atoms with E-state index >= 15 is 0 Å². The van der Waals surface area contributed by atoms with E-state index in [4.69, 9.17) is 23.2 Å². The van der Waals surface area contributed by atoms with E-state index in [0.717, 1.165) is 11.6 Å². The molecule has 0 amide bonds. The second-order valence-corrected chi connectivity index (χ2v) is 5.54. The zero-order valence-corrected chi connectivity index (χ0v) is 13.0. The lowest BCUT2D eigenvalue weighted by molar-refractivity contribution is 0.539. The van der Waals surface area contributed by atoms with Gasteiger partial charge in [-0.15, -0.1) is 0 Å². The van der Waals surface area contributed by atoms with Crippen LogP contribution in [0, 0.1) is 11.6 Å². The Hall–Kier alpha value is -1.16. The van der Waals surface area contributed by atoms with Gasteiger partial charge < -0.3 is 5.32 Å². The maximum absolute atomic E-state index is 13.3. The fraction of sp³-hybridized carbons (Fsp3) is 0.250. The summed E-state index contributed by atoms with van der Waals surface area (Å²) in [6, 6.07) is 8.54. The van der Waals surface area contributed by atoms with E-state index in [9.17, 15) is 8.78 Å². The van der Waals surface area contributed by atoms with Crippen molar-refractivity contribution in [1.29, 1.82) is 0 Å². The highest BCUT2D eigenvalue weighted by molar-refractivity contribution is 6.36. The van der Waals surface area contributed by atoms with Crippen molar-refractivity contribution in [2.75, 3.05) is 6.54 Å². The number of nitrogens with one attached hydrogen (secondary N) is 1. The van der Waals surface area contributed by atoms with Crippen molar-refractivity contribution >= 4 is 23.2 Å². The van der Waals surface area contributed by atoms with E-state index in [1.807, 2.05) is 6.92 Å². The average molecular weight is 330 g/mol. The molecular weight excluding hydrogens is 315 g/mol. The summed E-state index contributed by atoms with van der Waals surface area (Å²) in [7, 11) is 0. The van der Waals surface area contributed by atoms with Gasteiger partial charge in [-0.05, 0) is 42.8 Å². The molecule has 2 rings (SSSR count). The van der Waals surface area contributed by atoms with Crippen molar-refractivity contribution < 1.29 is 8.78 Å². The third-order valence-electron chi connectivity index (χ3n) is 3.16. The summed E-state index contributed by atoms with van der Waals surface area (Å²) in [5, 5.41) is 4.32. The Balaban J connectivity index is 2.35. The molecular formula is C16H15Cl2F2N. The SMILES string of the molecule is CCNC(Cc1cc(F)cc(F)c1)c1c(Cl)cccc1Cl. The highest BCUT2D eigenvalue weighted by Gasteiger charge is 2.18. The Morgan fingerprint density at radius 1 is 1.05 bits per heavy atom. The lowest BCUT2D eigenvalue weighted by Gasteiger charge is -2.21. The molecule has 0 aliphatic heterocycles. The maximum Gasteiger partial charge on any atom is 0.126 e. The van der Waals surface area contributed by atoms with Crippen molar-refractivity contribution in [3.8, 4) is 0 Å². The number of halogens is 4. The Morgan fingerprint density at radius 2 is 1.62 bits per heavy atom. The molecule has 0 aliphatic rings. The van der Waals surface area contributed by atoms with Crippen molar-refractivity contribution in [2.24, 2.45) is 0 Å². The smallest absolute Gasteiger partial charge is 0.126 e. The molecule has 0 aromatic heterocycles. The van der Waals surface area contributed by atoms with Gasteiger partial charge in [-0.2, -0.15) is 0 Å². The number of rotatable bonds is 5. The lowest BCUT2D eigenvalue weighted by atomic mass is 9.98. The van der Waals surface area contributed by atoms with Crippen LogP contribution >= 0.6 is 23.2 Å². The minimum Gasteiger partial charge on any atom is -0.310 e. The van der Waals surface area contributed by atoms with Crippen LogP contribution in [0.5, 0.6) is 0 Å². The predicted molar refractivity (Wildman–Crippen MR) is 82.9 cm³/mol. The molecule has 0 radical (unpaired) electrons. The average Bonchev–Trinajstić information content (AvgIpc) is 2.37. The first-order chi connectivity index (χ1) is 10.0. The Morgan fingerprint density at radius 3 is 2.14 bits per heavy atom. The van der Waals surface area contributed by atoms with Crippen LogP contribution in [0.3, 0.4) is 0 Å². The summed E-state index contributed by atoms with van der Waals surface area (Å²) in [5.74, 6) is -1.18. The maximum atomic E-state index is 13.3. The van der Waals surface area contributed by atoms with Gasteiger partial charge in [0.05, 0.1) is 0 Å². The van der Waals surface area contributed by atoms with Crippen LogP contribution in [0.15, 0.2) is 36.4 Å². The number of likely N-dealkylation sites (N-methyl/N-ethyl adjacent to an activating group) is 1. The van der Waals surface area contributed by atoms with Crippen molar-refractivity contribution in [3.63, 3.8) is 0 Å². The molecule has 0 fully saturated rings.